The van der Waals surface area contributed by atoms with Crippen LogP contribution in [-0.4, -0.2) is 72.4 Å². The van der Waals surface area contributed by atoms with Crippen molar-refractivity contribution in [3.63, 3.8) is 0 Å². The summed E-state index contributed by atoms with van der Waals surface area (Å²) in [6, 6.07) is 14.8. The number of fused-ring (bicyclic) bond motifs is 1. The lowest BCUT2D eigenvalue weighted by atomic mass is 9.85. The molecule has 0 saturated carbocycles. The summed E-state index contributed by atoms with van der Waals surface area (Å²) in [6.45, 7) is 5.18. The van der Waals surface area contributed by atoms with E-state index in [0.29, 0.717) is 53.4 Å². The fourth-order valence-corrected chi connectivity index (χ4v) is 10.1. The van der Waals surface area contributed by atoms with Crippen LogP contribution in [0, 0.1) is 0 Å². The van der Waals surface area contributed by atoms with Crippen molar-refractivity contribution in [2.45, 2.75) is 75.6 Å². The standard InChI is InChI=1S/C36H37N5O7S/c1-36(2)19-23(42)14-17-40(36)49(46,47)20-21-6-10-30-27(18-21)37-35(48-30)39-15-12-22(13-16-39)24-7-8-28-32-25(24)4-3-5-26(32)34(45)41(28)29-9-11-31(43)38-33(29)44/h3-8,10,18,22,29H,9,11-17,19-20H2,1-2H3,(H,38,43,44). The van der Waals surface area contributed by atoms with Gasteiger partial charge in [-0.3, -0.25) is 29.4 Å². The Hall–Kier alpha value is -4.62. The number of imide groups is 1. The van der Waals surface area contributed by atoms with Gasteiger partial charge in [-0.1, -0.05) is 24.3 Å². The first kappa shape index (κ1) is 31.6. The number of hydrogen-bond acceptors (Lipinski definition) is 9. The Morgan fingerprint density at radius 1 is 0.959 bits per heavy atom. The van der Waals surface area contributed by atoms with Crippen LogP contribution in [0.25, 0.3) is 21.9 Å². The second kappa shape index (κ2) is 11.5. The summed E-state index contributed by atoms with van der Waals surface area (Å²) in [6.07, 6.45) is 2.60. The summed E-state index contributed by atoms with van der Waals surface area (Å²) in [5, 5.41) is 4.23. The second-order valence-corrected chi connectivity index (χ2v) is 16.1. The van der Waals surface area contributed by atoms with Gasteiger partial charge in [-0.15, -0.1) is 0 Å². The molecule has 12 nitrogen and oxygen atoms in total. The molecule has 1 aromatic heterocycles. The van der Waals surface area contributed by atoms with Crippen LogP contribution in [0.5, 0.6) is 0 Å². The van der Waals surface area contributed by atoms with E-state index in [9.17, 15) is 27.6 Å². The van der Waals surface area contributed by atoms with Gasteiger partial charge in [-0.25, -0.2) is 8.42 Å². The Kier molecular flexibility index (Phi) is 7.41. The Morgan fingerprint density at radius 2 is 1.76 bits per heavy atom. The van der Waals surface area contributed by atoms with Gasteiger partial charge in [-0.05, 0) is 79.8 Å². The van der Waals surface area contributed by atoms with Gasteiger partial charge in [0.15, 0.2) is 5.58 Å². The van der Waals surface area contributed by atoms with Gasteiger partial charge in [0.1, 0.15) is 17.3 Å². The van der Waals surface area contributed by atoms with Crippen molar-refractivity contribution in [2.24, 2.45) is 0 Å². The Bertz CT molecular complexity index is 2180. The maximum Gasteiger partial charge on any atom is 0.298 e. The van der Waals surface area contributed by atoms with Gasteiger partial charge >= 0.3 is 0 Å². The number of ketones is 1. The number of amides is 3. The normalized spacial score (nSPS) is 22.0. The molecule has 4 aliphatic heterocycles. The molecule has 3 fully saturated rings. The minimum atomic E-state index is -3.66. The molecule has 3 saturated heterocycles. The zero-order valence-electron chi connectivity index (χ0n) is 27.4. The van der Waals surface area contributed by atoms with Gasteiger partial charge < -0.3 is 9.32 Å². The van der Waals surface area contributed by atoms with E-state index in [1.165, 1.54) is 4.31 Å². The highest BCUT2D eigenvalue weighted by molar-refractivity contribution is 7.88. The predicted octanol–water partition coefficient (Wildman–Crippen LogP) is 4.40. The Balaban J connectivity index is 0.985. The van der Waals surface area contributed by atoms with Crippen LogP contribution in [-0.2, 0) is 30.2 Å². The van der Waals surface area contributed by atoms with Crippen molar-refractivity contribution < 1.29 is 32.0 Å². The van der Waals surface area contributed by atoms with Gasteiger partial charge in [0.25, 0.3) is 11.9 Å². The summed E-state index contributed by atoms with van der Waals surface area (Å²) in [4.78, 5) is 58.4. The van der Waals surface area contributed by atoms with Crippen LogP contribution in [0.1, 0.15) is 79.8 Å². The van der Waals surface area contributed by atoms with Crippen molar-refractivity contribution in [2.75, 3.05) is 29.4 Å². The largest absolute Gasteiger partial charge is 0.423 e. The number of hydrogen-bond donors (Lipinski definition) is 1. The van der Waals surface area contributed by atoms with Crippen LogP contribution >= 0.6 is 0 Å². The third-order valence-corrected chi connectivity index (χ3v) is 12.6. The van der Waals surface area contributed by atoms with E-state index in [1.54, 1.807) is 43.0 Å². The number of nitrogens with zero attached hydrogens (tertiary/aromatic N) is 4. The molecular weight excluding hydrogens is 646 g/mol. The number of aromatic nitrogens is 1. The van der Waals surface area contributed by atoms with Crippen LogP contribution in [0.2, 0.25) is 0 Å². The van der Waals surface area contributed by atoms with Crippen molar-refractivity contribution in [3.8, 4) is 0 Å². The molecular formula is C36H37N5O7S. The van der Waals surface area contributed by atoms with Gasteiger partial charge in [0.05, 0.1) is 11.4 Å². The average molecular weight is 684 g/mol. The quantitative estimate of drug-likeness (QED) is 0.292. The summed E-state index contributed by atoms with van der Waals surface area (Å²) in [5.74, 6) is -0.844. The zero-order valence-corrected chi connectivity index (χ0v) is 28.2. The fourth-order valence-electron chi connectivity index (χ4n) is 8.18. The number of benzene rings is 3. The molecule has 1 unspecified atom stereocenters. The summed E-state index contributed by atoms with van der Waals surface area (Å²) in [7, 11) is -3.66. The number of anilines is 2. The van der Waals surface area contributed by atoms with Crippen molar-refractivity contribution in [1.29, 1.82) is 0 Å². The smallest absolute Gasteiger partial charge is 0.298 e. The SMILES string of the molecule is CC1(C)CC(=O)CCN1S(=O)(=O)Cc1ccc2oc(N3CCC(c4ccc5c6c(cccc46)C(=O)N5C4CCC(=O)NC4=O)CC3)nc2c1. The number of Topliss-reactive ketones (excluding diaryl/α,β-unsaturated/α-hetero) is 1. The molecule has 4 aromatic rings. The zero-order chi connectivity index (χ0) is 34.2. The predicted molar refractivity (Wildman–Crippen MR) is 183 cm³/mol. The van der Waals surface area contributed by atoms with E-state index in [2.05, 4.69) is 16.3 Å². The lowest BCUT2D eigenvalue weighted by Gasteiger charge is -2.40. The number of carbonyl (C=O) groups excluding carboxylic acids is 4. The topological polar surface area (TPSA) is 150 Å². The molecule has 0 radical (unpaired) electrons. The van der Waals surface area contributed by atoms with Crippen LogP contribution in [0.3, 0.4) is 0 Å². The molecule has 0 bridgehead atoms. The first-order valence-electron chi connectivity index (χ1n) is 16.8. The molecule has 0 spiro atoms. The monoisotopic (exact) mass is 683 g/mol. The summed E-state index contributed by atoms with van der Waals surface area (Å²) < 4.78 is 34.3. The highest BCUT2D eigenvalue weighted by atomic mass is 32.2. The van der Waals surface area contributed by atoms with E-state index in [1.807, 2.05) is 18.2 Å². The molecule has 1 atom stereocenters. The first-order chi connectivity index (χ1) is 23.4. The number of sulfonamides is 1. The highest BCUT2D eigenvalue weighted by Gasteiger charge is 2.42. The third kappa shape index (κ3) is 5.39. The van der Waals surface area contributed by atoms with E-state index >= 15 is 0 Å². The van der Waals surface area contributed by atoms with Crippen molar-refractivity contribution in [1.82, 2.24) is 14.6 Å². The fraction of sp³-hybridized carbons (Fsp3) is 0.417. The van der Waals surface area contributed by atoms with E-state index in [-0.39, 0.29) is 55.1 Å². The number of carbonyl (C=O) groups is 4. The lowest BCUT2D eigenvalue weighted by Crippen LogP contribution is -2.53. The van der Waals surface area contributed by atoms with Gasteiger partial charge in [0.2, 0.25) is 21.8 Å². The molecule has 4 aliphatic rings. The van der Waals surface area contributed by atoms with Crippen molar-refractivity contribution in [3.05, 3.63) is 65.2 Å². The Labute approximate surface area is 283 Å². The number of rotatable bonds is 6. The maximum atomic E-state index is 13.6. The highest BCUT2D eigenvalue weighted by Crippen LogP contribution is 2.44. The third-order valence-electron chi connectivity index (χ3n) is 10.5. The molecule has 3 aromatic carbocycles. The number of oxazole rings is 1. The minimum Gasteiger partial charge on any atom is -0.423 e. The molecule has 1 N–H and O–H groups in total. The van der Waals surface area contributed by atoms with Gasteiger partial charge in [0, 0.05) is 55.4 Å². The van der Waals surface area contributed by atoms with Crippen LogP contribution in [0.15, 0.2) is 52.9 Å². The lowest BCUT2D eigenvalue weighted by molar-refractivity contribution is -0.134. The molecule has 3 amide bonds. The van der Waals surface area contributed by atoms with Crippen LogP contribution < -0.4 is 15.1 Å². The Morgan fingerprint density at radius 3 is 2.51 bits per heavy atom. The van der Waals surface area contributed by atoms with Crippen molar-refractivity contribution >= 4 is 67.1 Å². The summed E-state index contributed by atoms with van der Waals surface area (Å²) in [5.41, 5.74) is 3.47. The maximum absolute atomic E-state index is 13.6. The first-order valence-corrected chi connectivity index (χ1v) is 18.4. The minimum absolute atomic E-state index is 0.0805. The molecule has 8 rings (SSSR count). The molecule has 0 aliphatic carbocycles. The van der Waals surface area contributed by atoms with E-state index in [4.69, 9.17) is 9.40 Å². The molecule has 49 heavy (non-hydrogen) atoms. The van der Waals surface area contributed by atoms with E-state index in [0.717, 1.165) is 29.2 Å². The molecule has 13 heteroatoms. The molecule has 5 heterocycles. The summed E-state index contributed by atoms with van der Waals surface area (Å²) >= 11 is 0. The van der Waals surface area contributed by atoms with E-state index < -0.39 is 27.5 Å². The van der Waals surface area contributed by atoms with Crippen LogP contribution in [0.4, 0.5) is 11.7 Å². The number of piperidine rings is 3. The average Bonchev–Trinajstić information content (AvgIpc) is 3.60. The van der Waals surface area contributed by atoms with Gasteiger partial charge in [-0.2, -0.15) is 9.29 Å². The second-order valence-electron chi connectivity index (χ2n) is 14.2. The molecule has 254 valence electrons. The number of nitrogens with one attached hydrogen (secondary N) is 1.